The van der Waals surface area contributed by atoms with Crippen LogP contribution in [0.15, 0.2) is 36.0 Å². The Labute approximate surface area is 134 Å². The number of allylic oxidation sites excluding steroid dienone is 1. The molecular weight excluding hydrogens is 296 g/mol. The van der Waals surface area contributed by atoms with Gasteiger partial charge in [0.15, 0.2) is 5.16 Å². The average Bonchev–Trinajstić information content (AvgIpc) is 2.81. The number of aryl methyl sites for hydroxylation is 3. The van der Waals surface area contributed by atoms with Gasteiger partial charge in [0.05, 0.1) is 5.75 Å². The van der Waals surface area contributed by atoms with Crippen molar-refractivity contribution in [3.8, 4) is 0 Å². The van der Waals surface area contributed by atoms with Crippen LogP contribution in [-0.2, 0) is 11.3 Å². The van der Waals surface area contributed by atoms with Crippen LogP contribution in [-0.4, -0.2) is 26.4 Å². The summed E-state index contributed by atoms with van der Waals surface area (Å²) in [5.74, 6) is 1.06. The first-order valence-corrected chi connectivity index (χ1v) is 8.00. The van der Waals surface area contributed by atoms with Gasteiger partial charge in [0.1, 0.15) is 5.82 Å². The van der Waals surface area contributed by atoms with E-state index < -0.39 is 0 Å². The van der Waals surface area contributed by atoms with Crippen molar-refractivity contribution >= 4 is 23.4 Å². The summed E-state index contributed by atoms with van der Waals surface area (Å²) in [6, 6.07) is 5.96. The highest BCUT2D eigenvalue weighted by molar-refractivity contribution is 7.99. The van der Waals surface area contributed by atoms with Crippen LogP contribution in [0.25, 0.3) is 0 Å². The summed E-state index contributed by atoms with van der Waals surface area (Å²) in [6.45, 7) is 10.3. The standard InChI is InChI=1S/C16H20N4OS/c1-5-8-20-13(4)18-19-16(20)22-10-15(21)17-14-7-6-11(2)9-12(14)3/h5-7,9H,1,8,10H2,2-4H3,(H,17,21). The molecule has 0 saturated carbocycles. The van der Waals surface area contributed by atoms with Gasteiger partial charge in [-0.2, -0.15) is 0 Å². The van der Waals surface area contributed by atoms with E-state index in [1.807, 2.05) is 43.5 Å². The summed E-state index contributed by atoms with van der Waals surface area (Å²) >= 11 is 1.37. The SMILES string of the molecule is C=CCn1c(C)nnc1SCC(=O)Nc1ccc(C)cc1C. The minimum Gasteiger partial charge on any atom is -0.325 e. The maximum absolute atomic E-state index is 12.1. The molecule has 1 aromatic carbocycles. The zero-order chi connectivity index (χ0) is 16.1. The average molecular weight is 316 g/mol. The van der Waals surface area contributed by atoms with Crippen LogP contribution in [0.3, 0.4) is 0 Å². The molecule has 1 amide bonds. The molecule has 2 rings (SSSR count). The molecule has 1 aromatic heterocycles. The highest BCUT2D eigenvalue weighted by Gasteiger charge is 2.11. The van der Waals surface area contributed by atoms with Crippen molar-refractivity contribution in [3.63, 3.8) is 0 Å². The highest BCUT2D eigenvalue weighted by atomic mass is 32.2. The first-order valence-electron chi connectivity index (χ1n) is 7.02. The van der Waals surface area contributed by atoms with Gasteiger partial charge in [0.25, 0.3) is 0 Å². The van der Waals surface area contributed by atoms with Gasteiger partial charge in [0, 0.05) is 12.2 Å². The smallest absolute Gasteiger partial charge is 0.234 e. The number of aromatic nitrogens is 3. The predicted octanol–water partition coefficient (Wildman–Crippen LogP) is 3.12. The Kier molecular flexibility index (Phi) is 5.38. The second-order valence-electron chi connectivity index (χ2n) is 5.08. The van der Waals surface area contributed by atoms with Gasteiger partial charge in [0.2, 0.25) is 5.91 Å². The van der Waals surface area contributed by atoms with Crippen LogP contribution in [0.4, 0.5) is 5.69 Å². The topological polar surface area (TPSA) is 59.8 Å². The molecule has 0 atom stereocenters. The number of carbonyl (C=O) groups excluding carboxylic acids is 1. The summed E-state index contributed by atoms with van der Waals surface area (Å²) in [7, 11) is 0. The predicted molar refractivity (Wildman–Crippen MR) is 90.2 cm³/mol. The molecule has 6 heteroatoms. The van der Waals surface area contributed by atoms with E-state index in [1.165, 1.54) is 17.3 Å². The first kappa shape index (κ1) is 16.3. The van der Waals surface area contributed by atoms with Crippen molar-refractivity contribution in [3.05, 3.63) is 47.8 Å². The van der Waals surface area contributed by atoms with Crippen molar-refractivity contribution in [1.29, 1.82) is 0 Å². The van der Waals surface area contributed by atoms with E-state index in [0.717, 1.165) is 22.2 Å². The third-order valence-corrected chi connectivity index (χ3v) is 4.17. The van der Waals surface area contributed by atoms with Crippen LogP contribution in [0, 0.1) is 20.8 Å². The first-order chi connectivity index (χ1) is 10.5. The molecule has 0 aliphatic heterocycles. The van der Waals surface area contributed by atoms with Crippen LogP contribution in [0.5, 0.6) is 0 Å². The molecule has 116 valence electrons. The maximum atomic E-state index is 12.1. The molecule has 0 bridgehead atoms. The van der Waals surface area contributed by atoms with Gasteiger partial charge in [-0.1, -0.05) is 35.5 Å². The van der Waals surface area contributed by atoms with E-state index in [1.54, 1.807) is 6.08 Å². The third kappa shape index (κ3) is 3.98. The number of benzene rings is 1. The minimum atomic E-state index is -0.0530. The monoisotopic (exact) mass is 316 g/mol. The zero-order valence-electron chi connectivity index (χ0n) is 13.1. The summed E-state index contributed by atoms with van der Waals surface area (Å²) in [6.07, 6.45) is 1.79. The summed E-state index contributed by atoms with van der Waals surface area (Å²) in [5, 5.41) is 11.8. The Morgan fingerprint density at radius 1 is 1.36 bits per heavy atom. The van der Waals surface area contributed by atoms with Gasteiger partial charge < -0.3 is 9.88 Å². The van der Waals surface area contributed by atoms with Crippen molar-refractivity contribution in [2.75, 3.05) is 11.1 Å². The Hall–Kier alpha value is -2.08. The second-order valence-corrected chi connectivity index (χ2v) is 6.03. The Morgan fingerprint density at radius 3 is 2.82 bits per heavy atom. The molecule has 5 nitrogen and oxygen atoms in total. The van der Waals surface area contributed by atoms with E-state index >= 15 is 0 Å². The molecule has 1 heterocycles. The van der Waals surface area contributed by atoms with E-state index in [2.05, 4.69) is 22.1 Å². The number of amides is 1. The number of nitrogens with zero attached hydrogens (tertiary/aromatic N) is 3. The Balaban J connectivity index is 1.97. The van der Waals surface area contributed by atoms with Crippen LogP contribution < -0.4 is 5.32 Å². The summed E-state index contributed by atoms with van der Waals surface area (Å²) in [5.41, 5.74) is 3.09. The number of thioether (sulfide) groups is 1. The zero-order valence-corrected chi connectivity index (χ0v) is 13.9. The number of hydrogen-bond donors (Lipinski definition) is 1. The lowest BCUT2D eigenvalue weighted by molar-refractivity contribution is -0.113. The van der Waals surface area contributed by atoms with Gasteiger partial charge in [-0.05, 0) is 32.4 Å². The maximum Gasteiger partial charge on any atom is 0.234 e. The molecule has 1 N–H and O–H groups in total. The van der Waals surface area contributed by atoms with Crippen molar-refractivity contribution < 1.29 is 4.79 Å². The molecular formula is C16H20N4OS. The molecule has 22 heavy (non-hydrogen) atoms. The number of anilines is 1. The number of nitrogens with one attached hydrogen (secondary N) is 1. The van der Waals surface area contributed by atoms with E-state index in [9.17, 15) is 4.79 Å². The van der Waals surface area contributed by atoms with Gasteiger partial charge in [-0.25, -0.2) is 0 Å². The summed E-state index contributed by atoms with van der Waals surface area (Å²) in [4.78, 5) is 12.1. The second kappa shape index (κ2) is 7.26. The molecule has 0 radical (unpaired) electrons. The largest absolute Gasteiger partial charge is 0.325 e. The minimum absolute atomic E-state index is 0.0530. The van der Waals surface area contributed by atoms with Crippen LogP contribution in [0.2, 0.25) is 0 Å². The third-order valence-electron chi connectivity index (χ3n) is 3.20. The molecule has 0 aliphatic carbocycles. The molecule has 2 aromatic rings. The molecule has 0 fully saturated rings. The van der Waals surface area contributed by atoms with Crippen LogP contribution >= 0.6 is 11.8 Å². The lowest BCUT2D eigenvalue weighted by Gasteiger charge is -2.09. The van der Waals surface area contributed by atoms with Gasteiger partial charge >= 0.3 is 0 Å². The van der Waals surface area contributed by atoms with E-state index in [-0.39, 0.29) is 5.91 Å². The quantitative estimate of drug-likeness (QED) is 0.657. The number of carbonyl (C=O) groups is 1. The fraction of sp³-hybridized carbons (Fsp3) is 0.312. The van der Waals surface area contributed by atoms with Crippen molar-refractivity contribution in [2.24, 2.45) is 0 Å². The molecule has 0 saturated heterocycles. The number of rotatable bonds is 6. The van der Waals surface area contributed by atoms with E-state index in [4.69, 9.17) is 0 Å². The van der Waals surface area contributed by atoms with Crippen molar-refractivity contribution in [1.82, 2.24) is 14.8 Å². The van der Waals surface area contributed by atoms with Gasteiger partial charge in [-0.15, -0.1) is 16.8 Å². The fourth-order valence-corrected chi connectivity index (χ4v) is 2.87. The fourth-order valence-electron chi connectivity index (χ4n) is 2.08. The van der Waals surface area contributed by atoms with Crippen LogP contribution in [0.1, 0.15) is 17.0 Å². The molecule has 0 aliphatic rings. The number of hydrogen-bond acceptors (Lipinski definition) is 4. The summed E-state index contributed by atoms with van der Waals surface area (Å²) < 4.78 is 1.93. The lowest BCUT2D eigenvalue weighted by Crippen LogP contribution is -2.15. The molecule has 0 spiro atoms. The normalized spacial score (nSPS) is 10.5. The Morgan fingerprint density at radius 2 is 2.14 bits per heavy atom. The highest BCUT2D eigenvalue weighted by Crippen LogP contribution is 2.19. The van der Waals surface area contributed by atoms with Crippen molar-refractivity contribution in [2.45, 2.75) is 32.5 Å². The molecule has 0 unspecified atom stereocenters. The van der Waals surface area contributed by atoms with E-state index in [0.29, 0.717) is 12.3 Å². The lowest BCUT2D eigenvalue weighted by atomic mass is 10.1. The Bertz CT molecular complexity index is 693. The van der Waals surface area contributed by atoms with Gasteiger partial charge in [-0.3, -0.25) is 4.79 Å².